The minimum atomic E-state index is -0.292. The largest absolute Gasteiger partial charge is 0.497 e. The summed E-state index contributed by atoms with van der Waals surface area (Å²) in [5.41, 5.74) is 1.77. The third-order valence-electron chi connectivity index (χ3n) is 4.62. The summed E-state index contributed by atoms with van der Waals surface area (Å²) in [6.07, 6.45) is 5.08. The first-order valence-electron chi connectivity index (χ1n) is 8.58. The van der Waals surface area contributed by atoms with Crippen molar-refractivity contribution >= 4 is 12.0 Å². The molecule has 0 aromatic heterocycles. The van der Waals surface area contributed by atoms with Crippen molar-refractivity contribution in [3.8, 4) is 11.5 Å². The van der Waals surface area contributed by atoms with E-state index >= 15 is 0 Å². The molecule has 136 valence electrons. The van der Waals surface area contributed by atoms with Crippen LogP contribution in [0.4, 0.5) is 4.39 Å². The van der Waals surface area contributed by atoms with Crippen molar-refractivity contribution in [2.45, 2.75) is 18.9 Å². The summed E-state index contributed by atoms with van der Waals surface area (Å²) in [5.74, 6) is 1.09. The number of hydrogen-bond donors (Lipinski definition) is 0. The van der Waals surface area contributed by atoms with Gasteiger partial charge in [0.05, 0.1) is 20.3 Å². The van der Waals surface area contributed by atoms with Gasteiger partial charge in [-0.1, -0.05) is 12.1 Å². The molecule has 26 heavy (non-hydrogen) atoms. The van der Waals surface area contributed by atoms with Crippen LogP contribution in [0.3, 0.4) is 0 Å². The zero-order valence-electron chi connectivity index (χ0n) is 14.9. The second kappa shape index (κ2) is 8.04. The third-order valence-corrected chi connectivity index (χ3v) is 4.62. The van der Waals surface area contributed by atoms with Gasteiger partial charge < -0.3 is 14.4 Å². The average Bonchev–Trinajstić information content (AvgIpc) is 3.16. The monoisotopic (exact) mass is 355 g/mol. The Morgan fingerprint density at radius 3 is 2.62 bits per heavy atom. The molecule has 1 fully saturated rings. The molecule has 5 heteroatoms. The molecule has 3 rings (SSSR count). The number of rotatable bonds is 5. The van der Waals surface area contributed by atoms with Crippen LogP contribution < -0.4 is 9.47 Å². The topological polar surface area (TPSA) is 38.8 Å². The van der Waals surface area contributed by atoms with Gasteiger partial charge in [-0.25, -0.2) is 4.39 Å². The van der Waals surface area contributed by atoms with Crippen LogP contribution in [0.1, 0.15) is 30.0 Å². The Morgan fingerprint density at radius 1 is 1.15 bits per heavy atom. The fourth-order valence-electron chi connectivity index (χ4n) is 3.28. The van der Waals surface area contributed by atoms with Crippen molar-refractivity contribution in [2.24, 2.45) is 0 Å². The van der Waals surface area contributed by atoms with E-state index in [1.54, 1.807) is 38.5 Å². The lowest BCUT2D eigenvalue weighted by molar-refractivity contribution is -0.126. The summed E-state index contributed by atoms with van der Waals surface area (Å²) < 4.78 is 23.7. The second-order valence-electron chi connectivity index (χ2n) is 6.18. The van der Waals surface area contributed by atoms with E-state index in [1.807, 2.05) is 23.1 Å². The number of benzene rings is 2. The van der Waals surface area contributed by atoms with Crippen LogP contribution in [-0.4, -0.2) is 31.6 Å². The molecule has 1 unspecified atom stereocenters. The molecule has 2 aromatic rings. The lowest BCUT2D eigenvalue weighted by Gasteiger charge is -2.25. The van der Waals surface area contributed by atoms with E-state index in [0.717, 1.165) is 35.5 Å². The molecule has 2 aromatic carbocycles. The van der Waals surface area contributed by atoms with Crippen molar-refractivity contribution < 1.29 is 18.7 Å². The maximum atomic E-state index is 13.0. The summed E-state index contributed by atoms with van der Waals surface area (Å²) in [5, 5.41) is 0. The van der Waals surface area contributed by atoms with Crippen molar-refractivity contribution in [3.05, 3.63) is 65.5 Å². The number of halogens is 1. The third kappa shape index (κ3) is 3.87. The van der Waals surface area contributed by atoms with Gasteiger partial charge in [-0.15, -0.1) is 0 Å². The molecule has 1 aliphatic rings. The van der Waals surface area contributed by atoms with Gasteiger partial charge in [0, 0.05) is 24.3 Å². The van der Waals surface area contributed by atoms with E-state index in [9.17, 15) is 9.18 Å². The van der Waals surface area contributed by atoms with Crippen LogP contribution in [0.5, 0.6) is 11.5 Å². The molecular weight excluding hydrogens is 333 g/mol. The molecule has 1 heterocycles. The predicted molar refractivity (Wildman–Crippen MR) is 98.7 cm³/mol. The van der Waals surface area contributed by atoms with Gasteiger partial charge in [0.15, 0.2) is 0 Å². The average molecular weight is 355 g/mol. The molecule has 0 aliphatic carbocycles. The number of ether oxygens (including phenoxy) is 2. The second-order valence-corrected chi connectivity index (χ2v) is 6.18. The van der Waals surface area contributed by atoms with E-state index in [1.165, 1.54) is 12.1 Å². The fourth-order valence-corrected chi connectivity index (χ4v) is 3.28. The van der Waals surface area contributed by atoms with Gasteiger partial charge in [-0.3, -0.25) is 4.79 Å². The highest BCUT2D eigenvalue weighted by Crippen LogP contribution is 2.38. The molecule has 1 aliphatic heterocycles. The van der Waals surface area contributed by atoms with Crippen LogP contribution in [-0.2, 0) is 4.79 Å². The Bertz CT molecular complexity index is 801. The smallest absolute Gasteiger partial charge is 0.247 e. The minimum absolute atomic E-state index is 0.0266. The van der Waals surface area contributed by atoms with E-state index in [0.29, 0.717) is 6.54 Å². The molecule has 0 bridgehead atoms. The summed E-state index contributed by atoms with van der Waals surface area (Å²) in [4.78, 5) is 14.5. The van der Waals surface area contributed by atoms with E-state index in [2.05, 4.69) is 0 Å². The molecular formula is C21H22FNO3. The lowest BCUT2D eigenvalue weighted by atomic mass is 10.0. The number of methoxy groups -OCH3 is 2. The van der Waals surface area contributed by atoms with Crippen molar-refractivity contribution in [3.63, 3.8) is 0 Å². The predicted octanol–water partition coefficient (Wildman–Crippen LogP) is 4.22. The standard InChI is InChI=1S/C21H22FNO3/c1-25-17-10-11-18(20(14-17)26-2)19-4-3-13-23(19)21(24)12-7-15-5-8-16(22)9-6-15/h5-12,14,19H,3-4,13H2,1-2H3. The van der Waals surface area contributed by atoms with E-state index < -0.39 is 0 Å². The SMILES string of the molecule is COc1ccc(C2CCCN2C(=O)C=Cc2ccc(F)cc2)c(OC)c1. The Balaban J connectivity index is 1.79. The maximum absolute atomic E-state index is 13.0. The van der Waals surface area contributed by atoms with Gasteiger partial charge in [0.25, 0.3) is 0 Å². The first-order chi connectivity index (χ1) is 12.6. The Hall–Kier alpha value is -2.82. The maximum Gasteiger partial charge on any atom is 0.247 e. The molecule has 0 saturated carbocycles. The van der Waals surface area contributed by atoms with Gasteiger partial charge in [0.1, 0.15) is 17.3 Å². The Labute approximate surface area is 152 Å². The summed E-state index contributed by atoms with van der Waals surface area (Å²) in [6, 6.07) is 11.7. The highest BCUT2D eigenvalue weighted by atomic mass is 19.1. The van der Waals surface area contributed by atoms with E-state index in [-0.39, 0.29) is 17.8 Å². The summed E-state index contributed by atoms with van der Waals surface area (Å²) >= 11 is 0. The highest BCUT2D eigenvalue weighted by molar-refractivity contribution is 5.92. The number of carbonyl (C=O) groups excluding carboxylic acids is 1. The first-order valence-corrected chi connectivity index (χ1v) is 8.58. The zero-order chi connectivity index (χ0) is 18.5. The summed E-state index contributed by atoms with van der Waals surface area (Å²) in [6.45, 7) is 0.701. The molecule has 0 spiro atoms. The van der Waals surface area contributed by atoms with Gasteiger partial charge >= 0.3 is 0 Å². The van der Waals surface area contributed by atoms with Gasteiger partial charge in [0.2, 0.25) is 5.91 Å². The number of nitrogens with zero attached hydrogens (tertiary/aromatic N) is 1. The number of carbonyl (C=O) groups is 1. The minimum Gasteiger partial charge on any atom is -0.497 e. The Kier molecular flexibility index (Phi) is 5.56. The Morgan fingerprint density at radius 2 is 1.92 bits per heavy atom. The highest BCUT2D eigenvalue weighted by Gasteiger charge is 2.30. The molecule has 1 saturated heterocycles. The van der Waals surface area contributed by atoms with Crippen molar-refractivity contribution in [1.29, 1.82) is 0 Å². The number of likely N-dealkylation sites (tertiary alicyclic amines) is 1. The fraction of sp³-hybridized carbons (Fsp3) is 0.286. The number of amides is 1. The van der Waals surface area contributed by atoms with Gasteiger partial charge in [-0.05, 0) is 48.7 Å². The zero-order valence-corrected chi connectivity index (χ0v) is 14.9. The van der Waals surface area contributed by atoms with Crippen molar-refractivity contribution in [1.82, 2.24) is 4.90 Å². The van der Waals surface area contributed by atoms with Crippen molar-refractivity contribution in [2.75, 3.05) is 20.8 Å². The molecule has 0 N–H and O–H groups in total. The molecule has 1 amide bonds. The quantitative estimate of drug-likeness (QED) is 0.754. The lowest BCUT2D eigenvalue weighted by Crippen LogP contribution is -2.29. The van der Waals surface area contributed by atoms with Crippen LogP contribution >= 0.6 is 0 Å². The van der Waals surface area contributed by atoms with Crippen LogP contribution in [0.25, 0.3) is 6.08 Å². The first kappa shape index (κ1) is 18.0. The normalized spacial score (nSPS) is 16.9. The number of hydrogen-bond acceptors (Lipinski definition) is 3. The van der Waals surface area contributed by atoms with Crippen LogP contribution in [0.15, 0.2) is 48.5 Å². The molecule has 4 nitrogen and oxygen atoms in total. The van der Waals surface area contributed by atoms with Gasteiger partial charge in [-0.2, -0.15) is 0 Å². The van der Waals surface area contributed by atoms with Crippen LogP contribution in [0.2, 0.25) is 0 Å². The van der Waals surface area contributed by atoms with E-state index in [4.69, 9.17) is 9.47 Å². The molecule has 1 atom stereocenters. The van der Waals surface area contributed by atoms with Crippen LogP contribution in [0, 0.1) is 5.82 Å². The molecule has 0 radical (unpaired) electrons. The summed E-state index contributed by atoms with van der Waals surface area (Å²) in [7, 11) is 3.23.